The summed E-state index contributed by atoms with van der Waals surface area (Å²) in [5.41, 5.74) is 0.857. The molecule has 1 unspecified atom stereocenters. The Bertz CT molecular complexity index is 542. The second-order valence-electron chi connectivity index (χ2n) is 6.60. The Morgan fingerprint density at radius 1 is 1.33 bits per heavy atom. The molecular formula is C16H21BrN2O2. The molecule has 4 rings (SSSR count). The average Bonchev–Trinajstić information content (AvgIpc) is 3.40. The van der Waals surface area contributed by atoms with Gasteiger partial charge in [-0.15, -0.1) is 0 Å². The highest BCUT2D eigenvalue weighted by molar-refractivity contribution is 9.10. The topological polar surface area (TPSA) is 34.5 Å². The van der Waals surface area contributed by atoms with Crippen molar-refractivity contribution in [3.8, 4) is 0 Å². The number of aromatic nitrogens is 1. The molecule has 21 heavy (non-hydrogen) atoms. The molecule has 2 aliphatic carbocycles. The first kappa shape index (κ1) is 13.8. The van der Waals surface area contributed by atoms with Gasteiger partial charge in [-0.05, 0) is 54.1 Å². The van der Waals surface area contributed by atoms with E-state index in [0.29, 0.717) is 18.0 Å². The summed E-state index contributed by atoms with van der Waals surface area (Å²) in [4.78, 5) is 15.1. The third kappa shape index (κ3) is 2.90. The fourth-order valence-electron chi connectivity index (χ4n) is 3.21. The molecule has 4 nitrogen and oxygen atoms in total. The van der Waals surface area contributed by atoms with Crippen LogP contribution in [0.25, 0.3) is 0 Å². The molecule has 0 bridgehead atoms. The van der Waals surface area contributed by atoms with E-state index >= 15 is 0 Å². The van der Waals surface area contributed by atoms with Crippen LogP contribution < -0.4 is 0 Å². The van der Waals surface area contributed by atoms with E-state index in [1.807, 2.05) is 6.07 Å². The minimum atomic E-state index is 0.210. The summed E-state index contributed by atoms with van der Waals surface area (Å²) in [6.07, 6.45) is 7.86. The van der Waals surface area contributed by atoms with Gasteiger partial charge in [-0.1, -0.05) is 0 Å². The molecule has 1 aliphatic heterocycles. The maximum atomic E-state index is 13.0. The molecular weight excluding hydrogens is 332 g/mol. The van der Waals surface area contributed by atoms with Crippen molar-refractivity contribution in [1.82, 2.24) is 9.47 Å². The molecule has 0 aromatic carbocycles. The maximum Gasteiger partial charge on any atom is 0.270 e. The highest BCUT2D eigenvalue weighted by atomic mass is 79.9. The van der Waals surface area contributed by atoms with Gasteiger partial charge in [-0.2, -0.15) is 0 Å². The number of carbonyl (C=O) groups is 1. The van der Waals surface area contributed by atoms with Crippen LogP contribution in [0.15, 0.2) is 16.7 Å². The molecule has 2 saturated carbocycles. The van der Waals surface area contributed by atoms with E-state index in [0.717, 1.165) is 49.2 Å². The van der Waals surface area contributed by atoms with E-state index < -0.39 is 0 Å². The van der Waals surface area contributed by atoms with Crippen LogP contribution in [0.3, 0.4) is 0 Å². The number of hydrogen-bond acceptors (Lipinski definition) is 2. The van der Waals surface area contributed by atoms with E-state index in [1.165, 1.54) is 12.8 Å². The molecule has 1 amide bonds. The van der Waals surface area contributed by atoms with E-state index in [9.17, 15) is 4.79 Å². The zero-order chi connectivity index (χ0) is 14.4. The number of amides is 1. The summed E-state index contributed by atoms with van der Waals surface area (Å²) in [5, 5.41) is 0. The van der Waals surface area contributed by atoms with Crippen LogP contribution in [-0.4, -0.2) is 41.2 Å². The molecule has 114 valence electrons. The Hall–Kier alpha value is -0.810. The third-order valence-corrected chi connectivity index (χ3v) is 5.14. The van der Waals surface area contributed by atoms with Crippen molar-refractivity contribution in [3.63, 3.8) is 0 Å². The highest BCUT2D eigenvalue weighted by Crippen LogP contribution is 2.39. The van der Waals surface area contributed by atoms with Crippen molar-refractivity contribution in [2.24, 2.45) is 5.92 Å². The van der Waals surface area contributed by atoms with Crippen molar-refractivity contribution in [3.05, 3.63) is 22.4 Å². The number of rotatable bonds is 5. The first-order valence-corrected chi connectivity index (χ1v) is 8.78. The Labute approximate surface area is 133 Å². The lowest BCUT2D eigenvalue weighted by Gasteiger charge is -2.25. The fraction of sp³-hybridized carbons (Fsp3) is 0.688. The van der Waals surface area contributed by atoms with Crippen molar-refractivity contribution in [2.75, 3.05) is 19.8 Å². The van der Waals surface area contributed by atoms with Crippen LogP contribution in [-0.2, 0) is 4.74 Å². The predicted octanol–water partition coefficient (Wildman–Crippen LogP) is 3.23. The van der Waals surface area contributed by atoms with Gasteiger partial charge < -0.3 is 14.2 Å². The molecule has 0 radical (unpaired) electrons. The lowest BCUT2D eigenvalue weighted by molar-refractivity contribution is 0.0695. The summed E-state index contributed by atoms with van der Waals surface area (Å²) in [5.74, 6) is 0.726. The molecule has 1 saturated heterocycles. The van der Waals surface area contributed by atoms with E-state index in [2.05, 4.69) is 31.6 Å². The summed E-state index contributed by atoms with van der Waals surface area (Å²) >= 11 is 3.53. The summed E-state index contributed by atoms with van der Waals surface area (Å²) in [7, 11) is 0. The molecule has 0 N–H and O–H groups in total. The van der Waals surface area contributed by atoms with Crippen LogP contribution in [0.2, 0.25) is 0 Å². The fourth-order valence-corrected chi connectivity index (χ4v) is 3.65. The lowest BCUT2D eigenvalue weighted by atomic mass is 10.1. The minimum Gasteiger partial charge on any atom is -0.381 e. The average molecular weight is 353 g/mol. The zero-order valence-electron chi connectivity index (χ0n) is 12.1. The van der Waals surface area contributed by atoms with Crippen LogP contribution in [0.1, 0.15) is 48.6 Å². The van der Waals surface area contributed by atoms with Crippen LogP contribution in [0, 0.1) is 5.92 Å². The first-order chi connectivity index (χ1) is 10.2. The molecule has 1 atom stereocenters. The van der Waals surface area contributed by atoms with E-state index in [4.69, 9.17) is 4.74 Å². The van der Waals surface area contributed by atoms with Gasteiger partial charge in [0.05, 0.1) is 6.61 Å². The zero-order valence-corrected chi connectivity index (χ0v) is 13.7. The molecule has 5 heteroatoms. The van der Waals surface area contributed by atoms with Crippen molar-refractivity contribution < 1.29 is 9.53 Å². The summed E-state index contributed by atoms with van der Waals surface area (Å²) < 4.78 is 8.65. The highest BCUT2D eigenvalue weighted by Gasteiger charge is 2.37. The monoisotopic (exact) mass is 352 g/mol. The summed E-state index contributed by atoms with van der Waals surface area (Å²) in [6.45, 7) is 2.52. The van der Waals surface area contributed by atoms with Crippen LogP contribution >= 0.6 is 15.9 Å². The van der Waals surface area contributed by atoms with E-state index in [1.54, 1.807) is 0 Å². The number of halogens is 1. The Morgan fingerprint density at radius 2 is 2.14 bits per heavy atom. The Balaban J connectivity index is 1.55. The molecule has 2 heterocycles. The van der Waals surface area contributed by atoms with Crippen LogP contribution in [0.4, 0.5) is 0 Å². The largest absolute Gasteiger partial charge is 0.381 e. The molecule has 1 aromatic rings. The van der Waals surface area contributed by atoms with Crippen molar-refractivity contribution >= 4 is 21.8 Å². The van der Waals surface area contributed by atoms with Crippen molar-refractivity contribution in [1.29, 1.82) is 0 Å². The smallest absolute Gasteiger partial charge is 0.270 e. The number of ether oxygens (including phenoxy) is 1. The second-order valence-corrected chi connectivity index (χ2v) is 7.52. The molecule has 1 aromatic heterocycles. The predicted molar refractivity (Wildman–Crippen MR) is 83.4 cm³/mol. The SMILES string of the molecule is O=C(c1cc(Br)cn1C1CC1)N(CC1CCOC1)C1CC1. The normalized spacial score (nSPS) is 25.3. The summed E-state index contributed by atoms with van der Waals surface area (Å²) in [6, 6.07) is 2.98. The standard InChI is InChI=1S/C16H21BrN2O2/c17-12-7-15(18(9-12)13-1-2-13)16(20)19(14-3-4-14)8-11-5-6-21-10-11/h7,9,11,13-14H,1-6,8,10H2. The number of nitrogens with zero attached hydrogens (tertiary/aromatic N) is 2. The van der Waals surface area contributed by atoms with Gasteiger partial charge in [-0.25, -0.2) is 0 Å². The van der Waals surface area contributed by atoms with Gasteiger partial charge >= 0.3 is 0 Å². The van der Waals surface area contributed by atoms with Gasteiger partial charge in [0.15, 0.2) is 0 Å². The minimum absolute atomic E-state index is 0.210. The van der Waals surface area contributed by atoms with Gasteiger partial charge in [-0.3, -0.25) is 4.79 Å². The lowest BCUT2D eigenvalue weighted by Crippen LogP contribution is -2.38. The van der Waals surface area contributed by atoms with Gasteiger partial charge in [0, 0.05) is 41.8 Å². The van der Waals surface area contributed by atoms with Gasteiger partial charge in [0.1, 0.15) is 5.69 Å². The third-order valence-electron chi connectivity index (χ3n) is 4.70. The quantitative estimate of drug-likeness (QED) is 0.815. The number of hydrogen-bond donors (Lipinski definition) is 0. The number of carbonyl (C=O) groups excluding carboxylic acids is 1. The van der Waals surface area contributed by atoms with Crippen LogP contribution in [0.5, 0.6) is 0 Å². The second kappa shape index (κ2) is 5.43. The van der Waals surface area contributed by atoms with Gasteiger partial charge in [0.2, 0.25) is 0 Å². The Morgan fingerprint density at radius 3 is 2.76 bits per heavy atom. The van der Waals surface area contributed by atoms with Crippen molar-refractivity contribution in [2.45, 2.75) is 44.2 Å². The first-order valence-electron chi connectivity index (χ1n) is 7.98. The molecule has 0 spiro atoms. The van der Waals surface area contributed by atoms with Gasteiger partial charge in [0.25, 0.3) is 5.91 Å². The molecule has 3 fully saturated rings. The Kier molecular flexibility index (Phi) is 3.58. The van der Waals surface area contributed by atoms with E-state index in [-0.39, 0.29) is 5.91 Å². The maximum absolute atomic E-state index is 13.0. The molecule has 3 aliphatic rings.